The molecule has 4 nitrogen and oxygen atoms in total. The summed E-state index contributed by atoms with van der Waals surface area (Å²) in [5.41, 5.74) is 2.25. The van der Waals surface area contributed by atoms with Crippen LogP contribution in [0.25, 0.3) is 0 Å². The molecule has 3 rings (SSSR count). The van der Waals surface area contributed by atoms with Crippen LogP contribution in [0.1, 0.15) is 37.3 Å². The van der Waals surface area contributed by atoms with Crippen molar-refractivity contribution in [2.75, 3.05) is 13.7 Å². The summed E-state index contributed by atoms with van der Waals surface area (Å²) in [6.07, 6.45) is 3.24. The molecule has 5 heteroatoms. The van der Waals surface area contributed by atoms with E-state index in [-0.39, 0.29) is 11.9 Å². The molecule has 1 aliphatic heterocycles. The Morgan fingerprint density at radius 3 is 2.56 bits per heavy atom. The molecule has 1 saturated heterocycles. The lowest BCUT2D eigenvalue weighted by Gasteiger charge is -2.25. The molecular weight excluding hydrogens is 362 g/mol. The third-order valence-electron chi connectivity index (χ3n) is 4.88. The molecule has 0 radical (unpaired) electrons. The second kappa shape index (κ2) is 9.14. The zero-order valence-electron chi connectivity index (χ0n) is 15.9. The highest BCUT2D eigenvalue weighted by atomic mass is 35.5. The van der Waals surface area contributed by atoms with Crippen LogP contribution in [-0.2, 0) is 17.8 Å². The molecule has 144 valence electrons. The Morgan fingerprint density at radius 1 is 1.11 bits per heavy atom. The predicted octanol–water partition coefficient (Wildman–Crippen LogP) is 4.87. The first kappa shape index (κ1) is 19.6. The van der Waals surface area contributed by atoms with Gasteiger partial charge in [-0.15, -0.1) is 0 Å². The van der Waals surface area contributed by atoms with Crippen LogP contribution in [0.15, 0.2) is 42.5 Å². The van der Waals surface area contributed by atoms with Gasteiger partial charge in [0.1, 0.15) is 0 Å². The number of hydrogen-bond donors (Lipinski definition) is 0. The molecule has 1 amide bonds. The number of amides is 1. The Morgan fingerprint density at radius 2 is 1.85 bits per heavy atom. The molecule has 1 atom stereocenters. The van der Waals surface area contributed by atoms with E-state index >= 15 is 0 Å². The van der Waals surface area contributed by atoms with Gasteiger partial charge in [-0.05, 0) is 54.7 Å². The minimum atomic E-state index is 0.195. The van der Waals surface area contributed by atoms with Crippen LogP contribution in [0.3, 0.4) is 0 Å². The lowest BCUT2D eigenvalue weighted by Crippen LogP contribution is -2.33. The van der Waals surface area contributed by atoms with Crippen LogP contribution in [0.2, 0.25) is 5.02 Å². The van der Waals surface area contributed by atoms with Crippen molar-refractivity contribution >= 4 is 17.5 Å². The first-order valence-corrected chi connectivity index (χ1v) is 9.82. The van der Waals surface area contributed by atoms with E-state index < -0.39 is 0 Å². The van der Waals surface area contributed by atoms with E-state index in [0.717, 1.165) is 41.9 Å². The van der Waals surface area contributed by atoms with Gasteiger partial charge in [0, 0.05) is 24.0 Å². The van der Waals surface area contributed by atoms with E-state index in [1.54, 1.807) is 7.11 Å². The maximum Gasteiger partial charge on any atom is 0.223 e. The lowest BCUT2D eigenvalue weighted by molar-refractivity contribution is -0.129. The molecular formula is C22H26ClNO3. The summed E-state index contributed by atoms with van der Waals surface area (Å²) in [6.45, 7) is 3.36. The summed E-state index contributed by atoms with van der Waals surface area (Å²) in [6, 6.07) is 13.9. The summed E-state index contributed by atoms with van der Waals surface area (Å²) in [7, 11) is 1.65. The standard InChI is InChI=1S/C22H26ClNO3/c1-3-12-27-21-14-17(6-10-20(21)26-2)13-19-9-11-22(25)24(19)15-16-4-7-18(23)8-5-16/h4-8,10,14,19H,3,9,11-13,15H2,1-2H3. The topological polar surface area (TPSA) is 38.8 Å². The highest BCUT2D eigenvalue weighted by Gasteiger charge is 2.31. The molecule has 2 aromatic carbocycles. The van der Waals surface area contributed by atoms with E-state index in [4.69, 9.17) is 21.1 Å². The molecule has 0 N–H and O–H groups in total. The van der Waals surface area contributed by atoms with Crippen molar-refractivity contribution in [3.63, 3.8) is 0 Å². The quantitative estimate of drug-likeness (QED) is 0.648. The minimum absolute atomic E-state index is 0.195. The smallest absolute Gasteiger partial charge is 0.223 e. The number of benzene rings is 2. The second-order valence-electron chi connectivity index (χ2n) is 6.88. The van der Waals surface area contributed by atoms with Gasteiger partial charge in [0.25, 0.3) is 0 Å². The predicted molar refractivity (Wildman–Crippen MR) is 108 cm³/mol. The Balaban J connectivity index is 1.73. The van der Waals surface area contributed by atoms with E-state index in [1.165, 1.54) is 0 Å². The van der Waals surface area contributed by atoms with E-state index in [2.05, 4.69) is 13.0 Å². The molecule has 0 bridgehead atoms. The van der Waals surface area contributed by atoms with Gasteiger partial charge in [-0.3, -0.25) is 4.79 Å². The SMILES string of the molecule is CCCOc1cc(CC2CCC(=O)N2Cc2ccc(Cl)cc2)ccc1OC. The van der Waals surface area contributed by atoms with Gasteiger partial charge in [0.15, 0.2) is 11.5 Å². The number of hydrogen-bond acceptors (Lipinski definition) is 3. The molecule has 1 fully saturated rings. The molecule has 2 aromatic rings. The van der Waals surface area contributed by atoms with E-state index in [9.17, 15) is 4.79 Å². The number of rotatable bonds is 8. The van der Waals surface area contributed by atoms with Gasteiger partial charge in [-0.25, -0.2) is 0 Å². The molecule has 1 unspecified atom stereocenters. The van der Waals surface area contributed by atoms with E-state index in [1.807, 2.05) is 41.3 Å². The van der Waals surface area contributed by atoms with Gasteiger partial charge in [0.05, 0.1) is 13.7 Å². The fourth-order valence-corrected chi connectivity index (χ4v) is 3.58. The van der Waals surface area contributed by atoms with Crippen LogP contribution < -0.4 is 9.47 Å². The van der Waals surface area contributed by atoms with Crippen molar-refractivity contribution in [2.24, 2.45) is 0 Å². The summed E-state index contributed by atoms with van der Waals surface area (Å²) in [5.74, 6) is 1.73. The monoisotopic (exact) mass is 387 g/mol. The Bertz CT molecular complexity index is 776. The van der Waals surface area contributed by atoms with Crippen LogP contribution in [0.4, 0.5) is 0 Å². The van der Waals surface area contributed by atoms with E-state index in [0.29, 0.717) is 24.6 Å². The van der Waals surface area contributed by atoms with Crippen molar-refractivity contribution in [1.82, 2.24) is 4.90 Å². The number of nitrogens with zero attached hydrogens (tertiary/aromatic N) is 1. The maximum atomic E-state index is 12.4. The second-order valence-corrected chi connectivity index (χ2v) is 7.31. The number of halogens is 1. The summed E-state index contributed by atoms with van der Waals surface area (Å²) in [5, 5.41) is 0.709. The summed E-state index contributed by atoms with van der Waals surface area (Å²) >= 11 is 5.97. The lowest BCUT2D eigenvalue weighted by atomic mass is 10.0. The van der Waals surface area contributed by atoms with Crippen LogP contribution in [-0.4, -0.2) is 30.6 Å². The largest absolute Gasteiger partial charge is 0.493 e. The van der Waals surface area contributed by atoms with Gasteiger partial charge in [0.2, 0.25) is 5.91 Å². The van der Waals surface area contributed by atoms with Crippen molar-refractivity contribution < 1.29 is 14.3 Å². The number of carbonyl (C=O) groups excluding carboxylic acids is 1. The van der Waals surface area contributed by atoms with Gasteiger partial charge in [-0.1, -0.05) is 36.7 Å². The molecule has 1 aliphatic rings. The highest BCUT2D eigenvalue weighted by molar-refractivity contribution is 6.30. The maximum absolute atomic E-state index is 12.4. The summed E-state index contributed by atoms with van der Waals surface area (Å²) in [4.78, 5) is 14.4. The van der Waals surface area contributed by atoms with Gasteiger partial charge < -0.3 is 14.4 Å². The Labute approximate surface area is 166 Å². The average molecular weight is 388 g/mol. The molecule has 1 heterocycles. The van der Waals surface area contributed by atoms with Crippen LogP contribution in [0.5, 0.6) is 11.5 Å². The number of methoxy groups -OCH3 is 1. The van der Waals surface area contributed by atoms with Crippen molar-refractivity contribution in [2.45, 2.75) is 45.2 Å². The molecule has 0 aliphatic carbocycles. The van der Waals surface area contributed by atoms with Crippen molar-refractivity contribution in [1.29, 1.82) is 0 Å². The highest BCUT2D eigenvalue weighted by Crippen LogP contribution is 2.31. The zero-order valence-corrected chi connectivity index (χ0v) is 16.7. The van der Waals surface area contributed by atoms with Crippen LogP contribution >= 0.6 is 11.6 Å². The van der Waals surface area contributed by atoms with Gasteiger partial charge >= 0.3 is 0 Å². The normalized spacial score (nSPS) is 16.6. The minimum Gasteiger partial charge on any atom is -0.493 e. The first-order valence-electron chi connectivity index (χ1n) is 9.44. The zero-order chi connectivity index (χ0) is 19.2. The fraction of sp³-hybridized carbons (Fsp3) is 0.409. The molecule has 27 heavy (non-hydrogen) atoms. The fourth-order valence-electron chi connectivity index (χ4n) is 3.45. The van der Waals surface area contributed by atoms with Gasteiger partial charge in [-0.2, -0.15) is 0 Å². The third kappa shape index (κ3) is 4.95. The molecule has 0 spiro atoms. The number of ether oxygens (including phenoxy) is 2. The first-order chi connectivity index (χ1) is 13.1. The summed E-state index contributed by atoms with van der Waals surface area (Å²) < 4.78 is 11.2. The van der Waals surface area contributed by atoms with Crippen molar-refractivity contribution in [3.05, 3.63) is 58.6 Å². The molecule has 0 saturated carbocycles. The third-order valence-corrected chi connectivity index (χ3v) is 5.13. The van der Waals surface area contributed by atoms with Crippen molar-refractivity contribution in [3.8, 4) is 11.5 Å². The Kier molecular flexibility index (Phi) is 6.62. The number of likely N-dealkylation sites (tertiary alicyclic amines) is 1. The van der Waals surface area contributed by atoms with Crippen LogP contribution in [0, 0.1) is 0 Å². The number of carbonyl (C=O) groups is 1. The average Bonchev–Trinajstić information content (AvgIpc) is 3.01. The molecule has 0 aromatic heterocycles. The Hall–Kier alpha value is -2.20.